The average Bonchev–Trinajstić information content (AvgIpc) is 2.85. The molecule has 90 valence electrons. The summed E-state index contributed by atoms with van der Waals surface area (Å²) in [7, 11) is 0. The molecule has 2 aromatic rings. The lowest BCUT2D eigenvalue weighted by molar-refractivity contribution is 0.624. The number of hydrogen-bond donors (Lipinski definition) is 1. The lowest BCUT2D eigenvalue weighted by atomic mass is 10.0. The first-order valence-corrected chi connectivity index (χ1v) is 6.00. The molecule has 0 amide bonds. The Morgan fingerprint density at radius 2 is 2.00 bits per heavy atom. The number of aromatic nitrogens is 3. The van der Waals surface area contributed by atoms with Gasteiger partial charge in [0, 0.05) is 30.7 Å². The molecule has 2 rings (SSSR count). The van der Waals surface area contributed by atoms with Crippen molar-refractivity contribution in [3.05, 3.63) is 48.0 Å². The second kappa shape index (κ2) is 5.59. The van der Waals surface area contributed by atoms with Gasteiger partial charge in [-0.25, -0.2) is 0 Å². The van der Waals surface area contributed by atoms with Crippen molar-refractivity contribution in [3.63, 3.8) is 0 Å². The fourth-order valence-corrected chi connectivity index (χ4v) is 1.89. The summed E-state index contributed by atoms with van der Waals surface area (Å²) < 4.78 is 1.95. The van der Waals surface area contributed by atoms with E-state index in [1.165, 1.54) is 11.1 Å². The van der Waals surface area contributed by atoms with E-state index in [0.29, 0.717) is 0 Å². The van der Waals surface area contributed by atoms with Gasteiger partial charge >= 0.3 is 0 Å². The fraction of sp³-hybridized carbons (Fsp3) is 0.385. The van der Waals surface area contributed by atoms with E-state index in [-0.39, 0.29) is 6.04 Å². The van der Waals surface area contributed by atoms with Crippen LogP contribution in [0.3, 0.4) is 0 Å². The normalized spacial score (nSPS) is 12.6. The van der Waals surface area contributed by atoms with Crippen LogP contribution in [0.25, 0.3) is 0 Å². The molecule has 0 spiro atoms. The van der Waals surface area contributed by atoms with Gasteiger partial charge in [0.05, 0.1) is 12.2 Å². The molecule has 0 radical (unpaired) electrons. The van der Waals surface area contributed by atoms with Gasteiger partial charge in [-0.2, -0.15) is 5.10 Å². The zero-order chi connectivity index (χ0) is 12.1. The maximum atomic E-state index is 4.32. The van der Waals surface area contributed by atoms with E-state index >= 15 is 0 Å². The van der Waals surface area contributed by atoms with E-state index in [4.69, 9.17) is 0 Å². The van der Waals surface area contributed by atoms with Crippen LogP contribution in [0.5, 0.6) is 0 Å². The van der Waals surface area contributed by atoms with Crippen molar-refractivity contribution in [2.75, 3.05) is 6.54 Å². The highest BCUT2D eigenvalue weighted by atomic mass is 15.3. The van der Waals surface area contributed by atoms with Gasteiger partial charge in [0.2, 0.25) is 0 Å². The van der Waals surface area contributed by atoms with Crippen LogP contribution in [-0.4, -0.2) is 21.3 Å². The predicted molar refractivity (Wildman–Crippen MR) is 67.7 cm³/mol. The minimum atomic E-state index is 0.197. The summed E-state index contributed by atoms with van der Waals surface area (Å²) in [4.78, 5) is 4.05. The Kier molecular flexibility index (Phi) is 3.88. The minimum absolute atomic E-state index is 0.197. The Hall–Kier alpha value is -1.68. The summed E-state index contributed by atoms with van der Waals surface area (Å²) in [5.74, 6) is 0. The summed E-state index contributed by atoms with van der Waals surface area (Å²) in [6, 6.07) is 4.27. The van der Waals surface area contributed by atoms with E-state index < -0.39 is 0 Å². The molecule has 0 bridgehead atoms. The Balaban J connectivity index is 2.28. The zero-order valence-corrected chi connectivity index (χ0v) is 10.3. The molecular weight excluding hydrogens is 212 g/mol. The van der Waals surface area contributed by atoms with Crippen LogP contribution in [0.1, 0.15) is 31.0 Å². The van der Waals surface area contributed by atoms with Crippen molar-refractivity contribution >= 4 is 0 Å². The first-order chi connectivity index (χ1) is 8.35. The van der Waals surface area contributed by atoms with Gasteiger partial charge in [-0.3, -0.25) is 9.67 Å². The molecule has 0 saturated heterocycles. The van der Waals surface area contributed by atoms with Gasteiger partial charge in [0.15, 0.2) is 0 Å². The first kappa shape index (κ1) is 11.8. The molecule has 4 nitrogen and oxygen atoms in total. The van der Waals surface area contributed by atoms with E-state index in [9.17, 15) is 0 Å². The molecule has 1 unspecified atom stereocenters. The minimum Gasteiger partial charge on any atom is -0.306 e. The highest BCUT2D eigenvalue weighted by Crippen LogP contribution is 2.20. The van der Waals surface area contributed by atoms with Crippen LogP contribution in [-0.2, 0) is 6.54 Å². The number of hydrogen-bond acceptors (Lipinski definition) is 3. The zero-order valence-electron chi connectivity index (χ0n) is 10.3. The monoisotopic (exact) mass is 230 g/mol. The molecule has 0 aromatic carbocycles. The number of rotatable bonds is 5. The summed E-state index contributed by atoms with van der Waals surface area (Å²) in [6.07, 6.45) is 7.67. The Morgan fingerprint density at radius 1 is 1.24 bits per heavy atom. The lowest BCUT2D eigenvalue weighted by Gasteiger charge is -2.16. The highest BCUT2D eigenvalue weighted by Gasteiger charge is 2.14. The van der Waals surface area contributed by atoms with Crippen LogP contribution in [0.4, 0.5) is 0 Å². The third-order valence-corrected chi connectivity index (χ3v) is 2.76. The maximum absolute atomic E-state index is 4.32. The molecule has 2 heterocycles. The van der Waals surface area contributed by atoms with Crippen molar-refractivity contribution < 1.29 is 0 Å². The highest BCUT2D eigenvalue weighted by molar-refractivity contribution is 5.27. The van der Waals surface area contributed by atoms with Crippen molar-refractivity contribution in [2.45, 2.75) is 26.4 Å². The molecule has 0 aliphatic carbocycles. The van der Waals surface area contributed by atoms with E-state index in [2.05, 4.69) is 35.4 Å². The molecule has 0 aliphatic rings. The van der Waals surface area contributed by atoms with E-state index in [1.807, 2.05) is 35.4 Å². The number of nitrogens with zero attached hydrogens (tertiary/aromatic N) is 3. The standard InChI is InChI=1S/C13H18N4/c1-3-15-13(11-5-7-14-8-6-11)12-9-16-17(4-2)10-12/h5-10,13,15H,3-4H2,1-2H3. The molecule has 2 aromatic heterocycles. The predicted octanol–water partition coefficient (Wildman–Crippen LogP) is 2.00. The number of aryl methyl sites for hydroxylation is 1. The van der Waals surface area contributed by atoms with Gasteiger partial charge in [-0.15, -0.1) is 0 Å². The summed E-state index contributed by atoms with van der Waals surface area (Å²) in [6.45, 7) is 6.02. The van der Waals surface area contributed by atoms with Gasteiger partial charge in [0.1, 0.15) is 0 Å². The molecular formula is C13H18N4. The quantitative estimate of drug-likeness (QED) is 0.854. The van der Waals surface area contributed by atoms with Gasteiger partial charge in [-0.1, -0.05) is 6.92 Å². The van der Waals surface area contributed by atoms with Gasteiger partial charge < -0.3 is 5.32 Å². The van der Waals surface area contributed by atoms with Crippen molar-refractivity contribution in [2.24, 2.45) is 0 Å². The van der Waals surface area contributed by atoms with Crippen LogP contribution in [0, 0.1) is 0 Å². The Labute approximate surface area is 102 Å². The molecule has 0 fully saturated rings. The average molecular weight is 230 g/mol. The van der Waals surface area contributed by atoms with Crippen molar-refractivity contribution in [1.29, 1.82) is 0 Å². The molecule has 0 saturated carbocycles. The van der Waals surface area contributed by atoms with E-state index in [0.717, 1.165) is 13.1 Å². The SMILES string of the molecule is CCNC(c1ccncc1)c1cnn(CC)c1. The third-order valence-electron chi connectivity index (χ3n) is 2.76. The number of nitrogens with one attached hydrogen (secondary N) is 1. The van der Waals surface area contributed by atoms with Crippen molar-refractivity contribution in [3.8, 4) is 0 Å². The summed E-state index contributed by atoms with van der Waals surface area (Å²) in [5, 5.41) is 7.80. The topological polar surface area (TPSA) is 42.7 Å². The smallest absolute Gasteiger partial charge is 0.0608 e. The van der Waals surface area contributed by atoms with E-state index in [1.54, 1.807) is 0 Å². The molecule has 17 heavy (non-hydrogen) atoms. The third kappa shape index (κ3) is 2.71. The molecule has 1 atom stereocenters. The summed E-state index contributed by atoms with van der Waals surface area (Å²) >= 11 is 0. The summed E-state index contributed by atoms with van der Waals surface area (Å²) in [5.41, 5.74) is 2.41. The van der Waals surface area contributed by atoms with Crippen LogP contribution in [0.2, 0.25) is 0 Å². The molecule has 0 aliphatic heterocycles. The fourth-order valence-electron chi connectivity index (χ4n) is 1.89. The second-order valence-corrected chi connectivity index (χ2v) is 3.90. The maximum Gasteiger partial charge on any atom is 0.0608 e. The Morgan fingerprint density at radius 3 is 2.59 bits per heavy atom. The first-order valence-electron chi connectivity index (χ1n) is 6.00. The lowest BCUT2D eigenvalue weighted by Crippen LogP contribution is -2.21. The van der Waals surface area contributed by atoms with Crippen LogP contribution in [0.15, 0.2) is 36.9 Å². The second-order valence-electron chi connectivity index (χ2n) is 3.90. The van der Waals surface area contributed by atoms with Gasteiger partial charge in [-0.05, 0) is 31.2 Å². The van der Waals surface area contributed by atoms with Gasteiger partial charge in [0.25, 0.3) is 0 Å². The molecule has 4 heteroatoms. The molecule has 1 N–H and O–H groups in total. The number of pyridine rings is 1. The van der Waals surface area contributed by atoms with Crippen molar-refractivity contribution in [1.82, 2.24) is 20.1 Å². The Bertz CT molecular complexity index is 449. The van der Waals surface area contributed by atoms with Crippen LogP contribution >= 0.6 is 0 Å². The largest absolute Gasteiger partial charge is 0.306 e. The van der Waals surface area contributed by atoms with Crippen LogP contribution < -0.4 is 5.32 Å².